The first-order valence-electron chi connectivity index (χ1n) is 11.6. The zero-order valence-electron chi connectivity index (χ0n) is 19.6. The van der Waals surface area contributed by atoms with Crippen molar-refractivity contribution in [2.75, 3.05) is 32.1 Å². The molecule has 0 aliphatic carbocycles. The number of hydrogen-bond acceptors (Lipinski definition) is 6. The number of benzene rings is 2. The van der Waals surface area contributed by atoms with E-state index in [1.54, 1.807) is 25.4 Å². The van der Waals surface area contributed by atoms with Gasteiger partial charge < -0.3 is 15.0 Å². The molecule has 7 nitrogen and oxygen atoms in total. The van der Waals surface area contributed by atoms with Crippen molar-refractivity contribution in [3.05, 3.63) is 71.4 Å². The Morgan fingerprint density at radius 2 is 1.88 bits per heavy atom. The number of carbonyl (C=O) groups excluding carboxylic acids is 1. The second kappa shape index (κ2) is 10.8. The van der Waals surface area contributed by atoms with Gasteiger partial charge in [-0.05, 0) is 55.0 Å². The minimum absolute atomic E-state index is 0. The van der Waals surface area contributed by atoms with Gasteiger partial charge in [0.05, 0.1) is 30.0 Å². The standard InChI is InChI=1S/C27H29N5O2.H2/c1-19-12-15-32(16-13-19)26(33)24-18-30-27(29-14-11-20-5-9-23(34-2)10-6-20)31-25(24)22-7-3-21(17-28)4-8-22;/h3-10,18-19H,11-16H2,1-2H3,(H,29,30,31);1H. The molecule has 1 aliphatic heterocycles. The van der Waals surface area contributed by atoms with Gasteiger partial charge in [0.2, 0.25) is 5.95 Å². The van der Waals surface area contributed by atoms with Gasteiger partial charge in [-0.2, -0.15) is 5.26 Å². The Hall–Kier alpha value is -3.92. The van der Waals surface area contributed by atoms with E-state index in [4.69, 9.17) is 15.0 Å². The fraction of sp³-hybridized carbons (Fsp3) is 0.333. The van der Waals surface area contributed by atoms with Gasteiger partial charge in [0.15, 0.2) is 0 Å². The quantitative estimate of drug-likeness (QED) is 0.548. The fourth-order valence-electron chi connectivity index (χ4n) is 4.04. The van der Waals surface area contributed by atoms with Crippen LogP contribution >= 0.6 is 0 Å². The SMILES string of the molecule is COc1ccc(CCNc2ncc(C(=O)N3CCC(C)CC3)c(-c3ccc(C#N)cc3)n2)cc1.[HH]. The molecule has 4 rings (SSSR count). The lowest BCUT2D eigenvalue weighted by atomic mass is 9.98. The number of likely N-dealkylation sites (tertiary alicyclic amines) is 1. The van der Waals surface area contributed by atoms with Crippen molar-refractivity contribution in [3.63, 3.8) is 0 Å². The summed E-state index contributed by atoms with van der Waals surface area (Å²) in [6, 6.07) is 17.2. The van der Waals surface area contributed by atoms with E-state index >= 15 is 0 Å². The molecule has 1 fully saturated rings. The molecule has 0 atom stereocenters. The van der Waals surface area contributed by atoms with Crippen LogP contribution in [0.3, 0.4) is 0 Å². The van der Waals surface area contributed by atoms with Gasteiger partial charge in [-0.15, -0.1) is 0 Å². The normalized spacial score (nSPS) is 13.9. The van der Waals surface area contributed by atoms with Crippen molar-refractivity contribution >= 4 is 11.9 Å². The van der Waals surface area contributed by atoms with Gasteiger partial charge in [0.1, 0.15) is 5.75 Å². The third-order valence-corrected chi connectivity index (χ3v) is 6.23. The predicted molar refractivity (Wildman–Crippen MR) is 134 cm³/mol. The molecular formula is C27H31N5O2. The lowest BCUT2D eigenvalue weighted by Gasteiger charge is -2.30. The summed E-state index contributed by atoms with van der Waals surface area (Å²) in [5.74, 6) is 1.89. The van der Waals surface area contributed by atoms with Gasteiger partial charge in [0, 0.05) is 32.8 Å². The van der Waals surface area contributed by atoms with E-state index in [1.807, 2.05) is 41.3 Å². The first kappa shape index (κ1) is 23.2. The molecule has 0 bridgehead atoms. The highest BCUT2D eigenvalue weighted by molar-refractivity contribution is 5.99. The second-order valence-electron chi connectivity index (χ2n) is 8.64. The average Bonchev–Trinajstić information content (AvgIpc) is 2.89. The Bertz CT molecular complexity index is 1170. The van der Waals surface area contributed by atoms with Crippen LogP contribution in [-0.4, -0.2) is 47.5 Å². The topological polar surface area (TPSA) is 91.1 Å². The van der Waals surface area contributed by atoms with Crippen LogP contribution in [0.5, 0.6) is 5.75 Å². The summed E-state index contributed by atoms with van der Waals surface area (Å²) in [7, 11) is 1.65. The number of anilines is 1. The summed E-state index contributed by atoms with van der Waals surface area (Å²) in [4.78, 5) is 24.4. The van der Waals surface area contributed by atoms with Gasteiger partial charge in [-0.3, -0.25) is 4.79 Å². The van der Waals surface area contributed by atoms with E-state index < -0.39 is 0 Å². The highest BCUT2D eigenvalue weighted by Gasteiger charge is 2.25. The molecule has 0 unspecified atom stereocenters. The predicted octanol–water partition coefficient (Wildman–Crippen LogP) is 4.80. The number of nitrogens with one attached hydrogen (secondary N) is 1. The molecule has 7 heteroatoms. The number of piperidine rings is 1. The Morgan fingerprint density at radius 3 is 2.53 bits per heavy atom. The van der Waals surface area contributed by atoms with Gasteiger partial charge in [-0.25, -0.2) is 9.97 Å². The first-order valence-corrected chi connectivity index (χ1v) is 11.6. The molecule has 34 heavy (non-hydrogen) atoms. The molecule has 0 spiro atoms. The summed E-state index contributed by atoms with van der Waals surface area (Å²) in [6.45, 7) is 4.36. The van der Waals surface area contributed by atoms with E-state index in [1.165, 1.54) is 5.56 Å². The van der Waals surface area contributed by atoms with Crippen LogP contribution < -0.4 is 10.1 Å². The molecule has 3 aromatic rings. The Labute approximate surface area is 201 Å². The van der Waals surface area contributed by atoms with E-state index in [0.29, 0.717) is 35.2 Å². The number of ether oxygens (including phenoxy) is 1. The smallest absolute Gasteiger partial charge is 0.257 e. The maximum absolute atomic E-state index is 13.3. The molecule has 1 aliphatic rings. The van der Waals surface area contributed by atoms with E-state index in [2.05, 4.69) is 23.3 Å². The van der Waals surface area contributed by atoms with Gasteiger partial charge in [-0.1, -0.05) is 31.2 Å². The number of rotatable bonds is 7. The molecular weight excluding hydrogens is 426 g/mol. The number of nitrogens with zero attached hydrogens (tertiary/aromatic N) is 4. The van der Waals surface area contributed by atoms with Crippen molar-refractivity contribution in [2.45, 2.75) is 26.2 Å². The lowest BCUT2D eigenvalue weighted by molar-refractivity contribution is 0.0697. The Balaban J connectivity index is 0.00000342. The Morgan fingerprint density at radius 1 is 1.18 bits per heavy atom. The van der Waals surface area contributed by atoms with Crippen LogP contribution in [0.4, 0.5) is 5.95 Å². The summed E-state index contributed by atoms with van der Waals surface area (Å²) in [5.41, 5.74) is 3.59. The summed E-state index contributed by atoms with van der Waals surface area (Å²) in [5, 5.41) is 12.4. The molecule has 2 aromatic carbocycles. The van der Waals surface area contributed by atoms with Crippen molar-refractivity contribution < 1.29 is 11.0 Å². The molecule has 1 saturated heterocycles. The first-order chi connectivity index (χ1) is 16.6. The molecule has 176 valence electrons. The van der Waals surface area contributed by atoms with E-state index in [0.717, 1.165) is 43.7 Å². The molecule has 0 radical (unpaired) electrons. The summed E-state index contributed by atoms with van der Waals surface area (Å²) in [6.07, 6.45) is 4.43. The second-order valence-corrected chi connectivity index (χ2v) is 8.64. The lowest BCUT2D eigenvalue weighted by Crippen LogP contribution is -2.38. The number of nitriles is 1. The third kappa shape index (κ3) is 5.52. The van der Waals surface area contributed by atoms with Crippen LogP contribution in [0.15, 0.2) is 54.7 Å². The van der Waals surface area contributed by atoms with Crippen LogP contribution in [0.2, 0.25) is 0 Å². The minimum Gasteiger partial charge on any atom is -0.497 e. The summed E-state index contributed by atoms with van der Waals surface area (Å²) < 4.78 is 5.21. The number of methoxy groups -OCH3 is 1. The van der Waals surface area contributed by atoms with Gasteiger partial charge in [0.25, 0.3) is 5.91 Å². The number of amides is 1. The summed E-state index contributed by atoms with van der Waals surface area (Å²) >= 11 is 0. The van der Waals surface area contributed by atoms with Crippen molar-refractivity contribution in [1.82, 2.24) is 14.9 Å². The van der Waals surface area contributed by atoms with Crippen molar-refractivity contribution in [1.29, 1.82) is 5.26 Å². The zero-order valence-corrected chi connectivity index (χ0v) is 19.6. The Kier molecular flexibility index (Phi) is 7.38. The van der Waals surface area contributed by atoms with E-state index in [9.17, 15) is 4.79 Å². The van der Waals surface area contributed by atoms with Gasteiger partial charge >= 0.3 is 0 Å². The third-order valence-electron chi connectivity index (χ3n) is 6.23. The van der Waals surface area contributed by atoms with Crippen molar-refractivity contribution in [2.24, 2.45) is 5.92 Å². The number of hydrogen-bond donors (Lipinski definition) is 1. The monoisotopic (exact) mass is 457 g/mol. The largest absolute Gasteiger partial charge is 0.497 e. The zero-order chi connectivity index (χ0) is 23.9. The maximum atomic E-state index is 13.3. The highest BCUT2D eigenvalue weighted by Crippen LogP contribution is 2.26. The van der Waals surface area contributed by atoms with Crippen LogP contribution in [-0.2, 0) is 6.42 Å². The van der Waals surface area contributed by atoms with Crippen molar-refractivity contribution in [3.8, 4) is 23.1 Å². The van der Waals surface area contributed by atoms with Crippen LogP contribution in [0.25, 0.3) is 11.3 Å². The minimum atomic E-state index is -0.0453. The van der Waals surface area contributed by atoms with E-state index in [-0.39, 0.29) is 7.33 Å². The molecule has 2 heterocycles. The molecule has 1 N–H and O–H groups in total. The number of carbonyl (C=O) groups is 1. The molecule has 1 aromatic heterocycles. The number of aromatic nitrogens is 2. The average molecular weight is 458 g/mol. The molecule has 1 amide bonds. The fourth-order valence-corrected chi connectivity index (χ4v) is 4.04. The van der Waals surface area contributed by atoms with Crippen LogP contribution in [0.1, 0.15) is 42.7 Å². The molecule has 0 saturated carbocycles. The maximum Gasteiger partial charge on any atom is 0.257 e. The van der Waals surface area contributed by atoms with Crippen LogP contribution in [0, 0.1) is 17.2 Å². The highest BCUT2D eigenvalue weighted by atomic mass is 16.5.